The highest BCUT2D eigenvalue weighted by Crippen LogP contribution is 2.11. The van der Waals surface area contributed by atoms with Gasteiger partial charge in [-0.3, -0.25) is 9.89 Å². The molecule has 6 nitrogen and oxygen atoms in total. The molecular weight excluding hydrogens is 489 g/mol. The maximum atomic E-state index is 5.94. The molecule has 2 aromatic rings. The van der Waals surface area contributed by atoms with Crippen LogP contribution in [0.15, 0.2) is 46.1 Å². The van der Waals surface area contributed by atoms with E-state index in [2.05, 4.69) is 39.3 Å². The van der Waals surface area contributed by atoms with Gasteiger partial charge in [0.1, 0.15) is 6.26 Å². The lowest BCUT2D eigenvalue weighted by atomic mass is 10.1. The molecule has 28 heavy (non-hydrogen) atoms. The van der Waals surface area contributed by atoms with E-state index in [9.17, 15) is 0 Å². The van der Waals surface area contributed by atoms with Crippen LogP contribution >= 0.6 is 35.6 Å². The second-order valence-corrected chi connectivity index (χ2v) is 7.16. The third-order valence-electron chi connectivity index (χ3n) is 4.68. The molecule has 1 N–H and O–H groups in total. The fraction of sp³-hybridized carbons (Fsp3) is 0.500. The molecular formula is C20H29ClIN5O. The Bertz CT molecular complexity index is 700. The van der Waals surface area contributed by atoms with Crippen molar-refractivity contribution in [2.75, 3.05) is 39.3 Å². The lowest BCUT2D eigenvalue weighted by molar-refractivity contribution is 0.169. The topological polar surface area (TPSA) is 56.9 Å². The number of nitrogens with one attached hydrogen (secondary N) is 1. The Hall–Kier alpha value is -1.32. The molecule has 0 bridgehead atoms. The minimum atomic E-state index is 0. The van der Waals surface area contributed by atoms with Gasteiger partial charge in [-0.05, 0) is 37.5 Å². The molecule has 0 unspecified atom stereocenters. The number of guanidine groups is 1. The van der Waals surface area contributed by atoms with Crippen LogP contribution in [0.5, 0.6) is 0 Å². The maximum Gasteiger partial charge on any atom is 0.194 e. The van der Waals surface area contributed by atoms with Crippen LogP contribution < -0.4 is 5.32 Å². The first-order valence-corrected chi connectivity index (χ1v) is 10.0. The molecule has 0 saturated carbocycles. The van der Waals surface area contributed by atoms with Gasteiger partial charge < -0.3 is 14.7 Å². The first-order chi connectivity index (χ1) is 13.2. The van der Waals surface area contributed by atoms with Gasteiger partial charge in [-0.2, -0.15) is 0 Å². The molecule has 8 heteroatoms. The first kappa shape index (κ1) is 23.0. The lowest BCUT2D eigenvalue weighted by Gasteiger charge is -2.36. The van der Waals surface area contributed by atoms with Crippen LogP contribution in [0.1, 0.15) is 24.6 Å². The number of rotatable bonds is 7. The minimum absolute atomic E-state index is 0. The number of piperazine rings is 1. The molecule has 0 aliphatic carbocycles. The van der Waals surface area contributed by atoms with Gasteiger partial charge in [0.05, 0.1) is 5.69 Å². The van der Waals surface area contributed by atoms with E-state index in [1.807, 2.05) is 18.2 Å². The average Bonchev–Trinajstić information content (AvgIpc) is 3.19. The molecule has 1 saturated heterocycles. The number of aryl methyl sites for hydroxylation is 1. The molecule has 1 fully saturated rings. The van der Waals surface area contributed by atoms with Crippen LogP contribution in [0.3, 0.4) is 0 Å². The molecule has 0 radical (unpaired) electrons. The summed E-state index contributed by atoms with van der Waals surface area (Å²) in [4.78, 5) is 9.58. The quantitative estimate of drug-likeness (QED) is 0.263. The van der Waals surface area contributed by atoms with Gasteiger partial charge in [0.25, 0.3) is 0 Å². The fourth-order valence-electron chi connectivity index (χ4n) is 3.21. The van der Waals surface area contributed by atoms with E-state index >= 15 is 0 Å². The molecule has 1 aliphatic rings. The molecule has 154 valence electrons. The van der Waals surface area contributed by atoms with Crippen molar-refractivity contribution >= 4 is 41.5 Å². The van der Waals surface area contributed by atoms with Gasteiger partial charge in [0.15, 0.2) is 5.96 Å². The molecule has 3 rings (SSSR count). The van der Waals surface area contributed by atoms with Gasteiger partial charge >= 0.3 is 0 Å². The van der Waals surface area contributed by atoms with Crippen LogP contribution in [0, 0.1) is 0 Å². The highest BCUT2D eigenvalue weighted by atomic mass is 127. The molecule has 1 aromatic carbocycles. The second kappa shape index (κ2) is 12.3. The second-order valence-electron chi connectivity index (χ2n) is 6.72. The van der Waals surface area contributed by atoms with Crippen molar-refractivity contribution in [3.8, 4) is 0 Å². The third kappa shape index (κ3) is 7.25. The number of hydrogen-bond donors (Lipinski definition) is 1. The van der Waals surface area contributed by atoms with E-state index in [4.69, 9.17) is 21.1 Å². The van der Waals surface area contributed by atoms with E-state index in [1.54, 1.807) is 6.26 Å². The highest BCUT2D eigenvalue weighted by Gasteiger charge is 2.20. The summed E-state index contributed by atoms with van der Waals surface area (Å²) >= 11 is 5.94. The Morgan fingerprint density at radius 1 is 1.18 bits per heavy atom. The highest BCUT2D eigenvalue weighted by molar-refractivity contribution is 14.0. The van der Waals surface area contributed by atoms with Crippen LogP contribution in [-0.2, 0) is 13.0 Å². The summed E-state index contributed by atoms with van der Waals surface area (Å²) in [5, 5.41) is 8.22. The van der Waals surface area contributed by atoms with Crippen molar-refractivity contribution in [1.29, 1.82) is 0 Å². The van der Waals surface area contributed by atoms with Crippen LogP contribution in [0.2, 0.25) is 5.02 Å². The van der Waals surface area contributed by atoms with Gasteiger partial charge in [-0.1, -0.05) is 28.9 Å². The van der Waals surface area contributed by atoms with Gasteiger partial charge in [-0.15, -0.1) is 24.0 Å². The number of halogens is 2. The number of aliphatic imine (C=N–C) groups is 1. The van der Waals surface area contributed by atoms with Crippen LogP contribution in [0.4, 0.5) is 0 Å². The van der Waals surface area contributed by atoms with Gasteiger partial charge in [0.2, 0.25) is 0 Å². The predicted octanol–water partition coefficient (Wildman–Crippen LogP) is 3.66. The zero-order valence-corrected chi connectivity index (χ0v) is 19.4. The van der Waals surface area contributed by atoms with E-state index in [1.165, 1.54) is 5.56 Å². The zero-order valence-electron chi connectivity index (χ0n) is 16.3. The molecule has 0 spiro atoms. The number of benzene rings is 1. The summed E-state index contributed by atoms with van der Waals surface area (Å²) in [5.74, 6) is 1.02. The van der Waals surface area contributed by atoms with Crippen LogP contribution in [-0.4, -0.2) is 60.2 Å². The predicted molar refractivity (Wildman–Crippen MR) is 125 cm³/mol. The van der Waals surface area contributed by atoms with Crippen molar-refractivity contribution in [2.24, 2.45) is 4.99 Å². The number of nitrogens with zero attached hydrogens (tertiary/aromatic N) is 4. The molecule has 1 aliphatic heterocycles. The monoisotopic (exact) mass is 517 g/mol. The molecule has 0 amide bonds. The van der Waals surface area contributed by atoms with Crippen LogP contribution in [0.25, 0.3) is 0 Å². The zero-order chi connectivity index (χ0) is 18.9. The Morgan fingerprint density at radius 2 is 1.93 bits per heavy atom. The molecule has 1 aromatic heterocycles. The first-order valence-electron chi connectivity index (χ1n) is 9.64. The third-order valence-corrected chi connectivity index (χ3v) is 4.93. The van der Waals surface area contributed by atoms with Gasteiger partial charge in [-0.25, -0.2) is 0 Å². The minimum Gasteiger partial charge on any atom is -0.364 e. The number of aromatic nitrogens is 1. The summed E-state index contributed by atoms with van der Waals surface area (Å²) in [7, 11) is 0. The molecule has 0 atom stereocenters. The Morgan fingerprint density at radius 3 is 2.57 bits per heavy atom. The molecule has 2 heterocycles. The van der Waals surface area contributed by atoms with Gasteiger partial charge in [0, 0.05) is 56.9 Å². The Labute approximate surface area is 189 Å². The normalized spacial score (nSPS) is 15.4. The standard InChI is InChI=1S/C20H28ClN5O.HI/c1-2-22-20(23-10-3-4-17-5-7-18(21)8-6-17)26-13-11-25(12-14-26)16-19-9-15-27-24-19;/h5-9,15H,2-4,10-14,16H2,1H3,(H,22,23);1H. The SMILES string of the molecule is CCNC(=NCCCc1ccc(Cl)cc1)N1CCN(Cc2ccon2)CC1.I. The number of hydrogen-bond acceptors (Lipinski definition) is 4. The fourth-order valence-corrected chi connectivity index (χ4v) is 3.34. The van der Waals surface area contributed by atoms with Crippen molar-refractivity contribution in [3.63, 3.8) is 0 Å². The van der Waals surface area contributed by atoms with Crippen molar-refractivity contribution in [2.45, 2.75) is 26.3 Å². The van der Waals surface area contributed by atoms with E-state index in [-0.39, 0.29) is 24.0 Å². The van der Waals surface area contributed by atoms with Crippen molar-refractivity contribution < 1.29 is 4.52 Å². The summed E-state index contributed by atoms with van der Waals surface area (Å²) < 4.78 is 4.92. The van der Waals surface area contributed by atoms with Crippen molar-refractivity contribution in [3.05, 3.63) is 52.9 Å². The largest absolute Gasteiger partial charge is 0.364 e. The van der Waals surface area contributed by atoms with E-state index in [0.29, 0.717) is 0 Å². The van der Waals surface area contributed by atoms with E-state index in [0.717, 1.165) is 75.3 Å². The Kier molecular flexibility index (Phi) is 10.1. The smallest absolute Gasteiger partial charge is 0.194 e. The summed E-state index contributed by atoms with van der Waals surface area (Å²) in [6.45, 7) is 8.62. The summed E-state index contributed by atoms with van der Waals surface area (Å²) in [6, 6.07) is 10.0. The average molecular weight is 518 g/mol. The van der Waals surface area contributed by atoms with Crippen molar-refractivity contribution in [1.82, 2.24) is 20.3 Å². The summed E-state index contributed by atoms with van der Waals surface area (Å²) in [5.41, 5.74) is 2.30. The maximum absolute atomic E-state index is 5.94. The Balaban J connectivity index is 0.00000280. The summed E-state index contributed by atoms with van der Waals surface area (Å²) in [6.07, 6.45) is 3.68. The van der Waals surface area contributed by atoms with E-state index < -0.39 is 0 Å². The lowest BCUT2D eigenvalue weighted by Crippen LogP contribution is -2.52.